The van der Waals surface area contributed by atoms with E-state index in [1.807, 2.05) is 6.08 Å². The van der Waals surface area contributed by atoms with Crippen LogP contribution >= 0.6 is 0 Å². The summed E-state index contributed by atoms with van der Waals surface area (Å²) in [6.07, 6.45) is 1.96. The molecule has 0 aromatic rings. The molecule has 16 heavy (non-hydrogen) atoms. The van der Waals surface area contributed by atoms with Gasteiger partial charge in [0, 0.05) is 31.8 Å². The smallest absolute Gasteiger partial charge is 0.0630 e. The molecule has 0 aromatic carbocycles. The zero-order chi connectivity index (χ0) is 12.6. The molecule has 0 saturated carbocycles. The van der Waals surface area contributed by atoms with Crippen LogP contribution in [0.25, 0.3) is 0 Å². The molecule has 0 radical (unpaired) electrons. The van der Waals surface area contributed by atoms with Crippen LogP contribution in [0.4, 0.5) is 0 Å². The lowest BCUT2D eigenvalue weighted by Crippen LogP contribution is -2.53. The summed E-state index contributed by atoms with van der Waals surface area (Å²) in [5.74, 6) is 0. The highest BCUT2D eigenvalue weighted by Gasteiger charge is 2.27. The summed E-state index contributed by atoms with van der Waals surface area (Å²) in [4.78, 5) is 2.42. The lowest BCUT2D eigenvalue weighted by Gasteiger charge is -2.41. The molecule has 3 heteroatoms. The molecule has 3 nitrogen and oxygen atoms in total. The van der Waals surface area contributed by atoms with Crippen LogP contribution in [0, 0.1) is 0 Å². The summed E-state index contributed by atoms with van der Waals surface area (Å²) >= 11 is 0. The maximum Gasteiger partial charge on any atom is 0.0630 e. The molecule has 0 amide bonds. The van der Waals surface area contributed by atoms with E-state index < -0.39 is 0 Å². The third-order valence-electron chi connectivity index (χ3n) is 2.62. The van der Waals surface area contributed by atoms with Gasteiger partial charge in [-0.05, 0) is 27.3 Å². The molecule has 0 saturated heterocycles. The Balaban J connectivity index is 4.57. The predicted molar refractivity (Wildman–Crippen MR) is 70.9 cm³/mol. The van der Waals surface area contributed by atoms with E-state index in [4.69, 9.17) is 4.74 Å². The van der Waals surface area contributed by atoms with E-state index >= 15 is 0 Å². The van der Waals surface area contributed by atoms with E-state index in [9.17, 15) is 0 Å². The van der Waals surface area contributed by atoms with E-state index in [0.717, 1.165) is 26.2 Å². The molecular formula is C13H28N2O. The summed E-state index contributed by atoms with van der Waals surface area (Å²) < 4.78 is 5.31. The molecule has 0 rings (SSSR count). The Morgan fingerprint density at radius 2 is 2.06 bits per heavy atom. The van der Waals surface area contributed by atoms with E-state index in [2.05, 4.69) is 44.5 Å². The molecule has 1 unspecified atom stereocenters. The fraction of sp³-hybridized carbons (Fsp3) is 0.846. The van der Waals surface area contributed by atoms with Crippen molar-refractivity contribution in [2.24, 2.45) is 0 Å². The number of hydrogen-bond acceptors (Lipinski definition) is 3. The van der Waals surface area contributed by atoms with Crippen LogP contribution in [0.15, 0.2) is 12.7 Å². The molecular weight excluding hydrogens is 200 g/mol. The normalized spacial score (nSPS) is 14.1. The predicted octanol–water partition coefficient (Wildman–Crippen LogP) is 1.90. The SMILES string of the molecule is C=CCN(C(CNCC)COC)C(C)(C)C. The van der Waals surface area contributed by atoms with Crippen LogP contribution in [-0.2, 0) is 4.74 Å². The van der Waals surface area contributed by atoms with Gasteiger partial charge in [-0.1, -0.05) is 13.0 Å². The lowest BCUT2D eigenvalue weighted by atomic mass is 10.0. The van der Waals surface area contributed by atoms with Crippen molar-refractivity contribution in [2.45, 2.75) is 39.3 Å². The number of rotatable bonds is 8. The number of nitrogens with zero attached hydrogens (tertiary/aromatic N) is 1. The first-order chi connectivity index (χ1) is 7.47. The van der Waals surface area contributed by atoms with Crippen molar-refractivity contribution >= 4 is 0 Å². The molecule has 1 N–H and O–H groups in total. The Labute approximate surface area is 101 Å². The van der Waals surface area contributed by atoms with Crippen molar-refractivity contribution in [3.8, 4) is 0 Å². The second-order valence-corrected chi connectivity index (χ2v) is 5.03. The van der Waals surface area contributed by atoms with Crippen molar-refractivity contribution in [1.29, 1.82) is 0 Å². The van der Waals surface area contributed by atoms with Crippen LogP contribution in [0.1, 0.15) is 27.7 Å². The van der Waals surface area contributed by atoms with Gasteiger partial charge in [0.2, 0.25) is 0 Å². The van der Waals surface area contributed by atoms with E-state index in [-0.39, 0.29) is 5.54 Å². The number of nitrogens with one attached hydrogen (secondary N) is 1. The molecule has 0 aromatic heterocycles. The topological polar surface area (TPSA) is 24.5 Å². The van der Waals surface area contributed by atoms with Gasteiger partial charge < -0.3 is 10.1 Å². The highest BCUT2D eigenvalue weighted by molar-refractivity contribution is 4.88. The first-order valence-electron chi connectivity index (χ1n) is 6.04. The minimum atomic E-state index is 0.132. The fourth-order valence-corrected chi connectivity index (χ4v) is 1.87. The number of hydrogen-bond donors (Lipinski definition) is 1. The highest BCUT2D eigenvalue weighted by atomic mass is 16.5. The van der Waals surface area contributed by atoms with Gasteiger partial charge in [0.05, 0.1) is 6.61 Å². The monoisotopic (exact) mass is 228 g/mol. The van der Waals surface area contributed by atoms with Crippen LogP contribution < -0.4 is 5.32 Å². The highest BCUT2D eigenvalue weighted by Crippen LogP contribution is 2.17. The zero-order valence-corrected chi connectivity index (χ0v) is 11.5. The first kappa shape index (κ1) is 15.6. The summed E-state index contributed by atoms with van der Waals surface area (Å²) in [6, 6.07) is 0.392. The third kappa shape index (κ3) is 5.64. The summed E-state index contributed by atoms with van der Waals surface area (Å²) in [5.41, 5.74) is 0.132. The van der Waals surface area contributed by atoms with E-state index in [1.165, 1.54) is 0 Å². The Kier molecular flexibility index (Phi) is 7.64. The largest absolute Gasteiger partial charge is 0.383 e. The average Bonchev–Trinajstić information content (AvgIpc) is 2.19. The van der Waals surface area contributed by atoms with Crippen molar-refractivity contribution in [3.05, 3.63) is 12.7 Å². The quantitative estimate of drug-likeness (QED) is 0.642. The Morgan fingerprint density at radius 3 is 2.44 bits per heavy atom. The van der Waals surface area contributed by atoms with Crippen molar-refractivity contribution < 1.29 is 4.74 Å². The van der Waals surface area contributed by atoms with Crippen LogP contribution in [-0.4, -0.2) is 49.8 Å². The van der Waals surface area contributed by atoms with E-state index in [0.29, 0.717) is 6.04 Å². The molecule has 0 aliphatic heterocycles. The third-order valence-corrected chi connectivity index (χ3v) is 2.62. The summed E-state index contributed by atoms with van der Waals surface area (Å²) in [5, 5.41) is 3.39. The van der Waals surface area contributed by atoms with Gasteiger partial charge in [-0.25, -0.2) is 0 Å². The summed E-state index contributed by atoms with van der Waals surface area (Å²) in [6.45, 7) is 16.2. The number of ether oxygens (including phenoxy) is 1. The van der Waals surface area contributed by atoms with Gasteiger partial charge in [0.25, 0.3) is 0 Å². The standard InChI is InChI=1S/C13H28N2O/c1-7-9-15(13(3,4)5)12(11-16-6)10-14-8-2/h7,12,14H,1,8-11H2,2-6H3. The maximum absolute atomic E-state index is 5.31. The Hall–Kier alpha value is -0.380. The van der Waals surface area contributed by atoms with Crippen molar-refractivity contribution in [3.63, 3.8) is 0 Å². The Bertz CT molecular complexity index is 187. The van der Waals surface area contributed by atoms with Gasteiger partial charge in [-0.15, -0.1) is 6.58 Å². The van der Waals surface area contributed by atoms with Crippen LogP contribution in [0.3, 0.4) is 0 Å². The average molecular weight is 228 g/mol. The minimum absolute atomic E-state index is 0.132. The molecule has 0 fully saturated rings. The second kappa shape index (κ2) is 7.82. The van der Waals surface area contributed by atoms with Gasteiger partial charge in [0.1, 0.15) is 0 Å². The molecule has 0 bridgehead atoms. The fourth-order valence-electron chi connectivity index (χ4n) is 1.87. The molecule has 0 aliphatic carbocycles. The minimum Gasteiger partial charge on any atom is -0.383 e. The summed E-state index contributed by atoms with van der Waals surface area (Å²) in [7, 11) is 1.76. The molecule has 0 heterocycles. The number of methoxy groups -OCH3 is 1. The number of likely N-dealkylation sites (N-methyl/N-ethyl adjacent to an activating group) is 1. The van der Waals surface area contributed by atoms with Gasteiger partial charge in [-0.3, -0.25) is 4.90 Å². The molecule has 1 atom stereocenters. The van der Waals surface area contributed by atoms with Gasteiger partial charge in [-0.2, -0.15) is 0 Å². The maximum atomic E-state index is 5.31. The van der Waals surface area contributed by atoms with Gasteiger partial charge >= 0.3 is 0 Å². The second-order valence-electron chi connectivity index (χ2n) is 5.03. The van der Waals surface area contributed by atoms with Crippen LogP contribution in [0.5, 0.6) is 0 Å². The molecule has 0 aliphatic rings. The first-order valence-corrected chi connectivity index (χ1v) is 6.04. The Morgan fingerprint density at radius 1 is 1.44 bits per heavy atom. The lowest BCUT2D eigenvalue weighted by molar-refractivity contribution is 0.0402. The van der Waals surface area contributed by atoms with Crippen molar-refractivity contribution in [1.82, 2.24) is 10.2 Å². The van der Waals surface area contributed by atoms with Crippen molar-refractivity contribution in [2.75, 3.05) is 33.4 Å². The molecule has 96 valence electrons. The van der Waals surface area contributed by atoms with Crippen LogP contribution in [0.2, 0.25) is 0 Å². The zero-order valence-electron chi connectivity index (χ0n) is 11.5. The van der Waals surface area contributed by atoms with E-state index in [1.54, 1.807) is 7.11 Å². The molecule has 0 spiro atoms. The van der Waals surface area contributed by atoms with Gasteiger partial charge in [0.15, 0.2) is 0 Å².